The van der Waals surface area contributed by atoms with Crippen LogP contribution in [0.25, 0.3) is 0 Å². The molecule has 1 saturated heterocycles. The molecule has 0 unspecified atom stereocenters. The number of esters is 2. The third kappa shape index (κ3) is 2.46. The number of aliphatic imine (C=N–C) groups is 1. The minimum atomic E-state index is -0.774. The lowest BCUT2D eigenvalue weighted by Crippen LogP contribution is -2.62. The first-order chi connectivity index (χ1) is 14.4. The number of rotatable bonds is 4. The highest BCUT2D eigenvalue weighted by Crippen LogP contribution is 2.55. The van der Waals surface area contributed by atoms with E-state index in [1.54, 1.807) is 11.0 Å². The fourth-order valence-electron chi connectivity index (χ4n) is 4.98. The van der Waals surface area contributed by atoms with Gasteiger partial charge >= 0.3 is 11.9 Å². The van der Waals surface area contributed by atoms with Crippen LogP contribution < -0.4 is 4.90 Å². The summed E-state index contributed by atoms with van der Waals surface area (Å²) in [6, 6.07) is 7.22. The van der Waals surface area contributed by atoms with Crippen LogP contribution in [0, 0.1) is 0 Å². The summed E-state index contributed by atoms with van der Waals surface area (Å²) < 4.78 is 9.97. The molecule has 156 valence electrons. The number of hydrogen-bond donors (Lipinski definition) is 0. The Morgan fingerprint density at radius 3 is 2.63 bits per heavy atom. The van der Waals surface area contributed by atoms with E-state index in [9.17, 15) is 14.4 Å². The fourth-order valence-corrected chi connectivity index (χ4v) is 4.98. The molecule has 1 amide bonds. The van der Waals surface area contributed by atoms with Gasteiger partial charge in [0.05, 0.1) is 31.2 Å². The lowest BCUT2D eigenvalue weighted by Gasteiger charge is -2.48. The maximum Gasteiger partial charge on any atom is 0.357 e. The van der Waals surface area contributed by atoms with E-state index in [0.29, 0.717) is 12.3 Å². The van der Waals surface area contributed by atoms with Crippen molar-refractivity contribution in [3.05, 3.63) is 53.8 Å². The molecule has 0 saturated carbocycles. The molecular formula is C22H23N3O5. The van der Waals surface area contributed by atoms with Gasteiger partial charge in [0, 0.05) is 25.7 Å². The van der Waals surface area contributed by atoms with E-state index < -0.39 is 23.4 Å². The summed E-state index contributed by atoms with van der Waals surface area (Å²) in [6.45, 7) is 4.01. The number of fused-ring (bicyclic) bond motifs is 1. The number of ether oxygens (including phenoxy) is 2. The van der Waals surface area contributed by atoms with E-state index in [2.05, 4.69) is 11.6 Å². The van der Waals surface area contributed by atoms with Crippen molar-refractivity contribution in [2.75, 3.05) is 32.7 Å². The standard InChI is InChI=1S/C22H23N3O5/c1-5-12-25-15(26)10-11-22-13-8-6-7-9-14(13)24(2)18(22)16(19(27)29-3)17(20(28)30-4)23-21(22)25/h5-9,18H,1,10-12H2,2-4H3/t18-,22-/m0/s1. The van der Waals surface area contributed by atoms with Crippen LogP contribution in [-0.4, -0.2) is 62.4 Å². The van der Waals surface area contributed by atoms with Crippen LogP contribution in [0.1, 0.15) is 18.4 Å². The fraction of sp³-hybridized carbons (Fsp3) is 0.364. The van der Waals surface area contributed by atoms with Crippen LogP contribution in [0.2, 0.25) is 0 Å². The van der Waals surface area contributed by atoms with Gasteiger partial charge < -0.3 is 14.4 Å². The van der Waals surface area contributed by atoms with Gasteiger partial charge in [0.25, 0.3) is 0 Å². The Balaban J connectivity index is 2.08. The SMILES string of the molecule is C=CCN1C(=O)CC[C@@]23C1=NC(C(=O)OC)=C(C(=O)OC)[C@@H]2N(C)c1ccccc13. The second-order valence-corrected chi connectivity index (χ2v) is 7.48. The largest absolute Gasteiger partial charge is 0.466 e. The molecular weight excluding hydrogens is 386 g/mol. The van der Waals surface area contributed by atoms with Crippen molar-refractivity contribution < 1.29 is 23.9 Å². The highest BCUT2D eigenvalue weighted by atomic mass is 16.5. The third-order valence-corrected chi connectivity index (χ3v) is 6.15. The predicted octanol–water partition coefficient (Wildman–Crippen LogP) is 1.56. The molecule has 1 fully saturated rings. The van der Waals surface area contributed by atoms with Gasteiger partial charge in [-0.25, -0.2) is 14.6 Å². The normalized spacial score (nSPS) is 24.6. The van der Waals surface area contributed by atoms with E-state index in [-0.39, 0.29) is 30.1 Å². The molecule has 0 N–H and O–H groups in total. The summed E-state index contributed by atoms with van der Waals surface area (Å²) in [5.41, 5.74) is 1.10. The number of anilines is 1. The van der Waals surface area contributed by atoms with Gasteiger partial charge in [0.15, 0.2) is 5.70 Å². The van der Waals surface area contributed by atoms with Crippen molar-refractivity contribution >= 4 is 29.4 Å². The molecule has 3 aliphatic rings. The Labute approximate surface area is 174 Å². The third-order valence-electron chi connectivity index (χ3n) is 6.15. The van der Waals surface area contributed by atoms with Crippen molar-refractivity contribution in [1.82, 2.24) is 4.90 Å². The van der Waals surface area contributed by atoms with Crippen LogP contribution in [0.5, 0.6) is 0 Å². The van der Waals surface area contributed by atoms with Crippen LogP contribution in [0.3, 0.4) is 0 Å². The molecule has 3 aliphatic heterocycles. The lowest BCUT2D eigenvalue weighted by molar-refractivity contribution is -0.140. The number of likely N-dealkylation sites (tertiary alicyclic amines) is 1. The molecule has 0 aliphatic carbocycles. The van der Waals surface area contributed by atoms with Gasteiger partial charge in [-0.3, -0.25) is 9.69 Å². The number of carbonyl (C=O) groups excluding carboxylic acids is 3. The van der Waals surface area contributed by atoms with E-state index in [1.165, 1.54) is 14.2 Å². The molecule has 30 heavy (non-hydrogen) atoms. The predicted molar refractivity (Wildman–Crippen MR) is 110 cm³/mol. The van der Waals surface area contributed by atoms with Crippen LogP contribution >= 0.6 is 0 Å². The first-order valence-electron chi connectivity index (χ1n) is 9.66. The smallest absolute Gasteiger partial charge is 0.357 e. The van der Waals surface area contributed by atoms with Crippen molar-refractivity contribution in [2.24, 2.45) is 4.99 Å². The molecule has 3 heterocycles. The maximum absolute atomic E-state index is 12.9. The first-order valence-corrected chi connectivity index (χ1v) is 9.66. The average Bonchev–Trinajstić information content (AvgIpc) is 3.02. The first kappa shape index (κ1) is 19.9. The maximum atomic E-state index is 12.9. The second-order valence-electron chi connectivity index (χ2n) is 7.48. The number of hydrogen-bond acceptors (Lipinski definition) is 7. The van der Waals surface area contributed by atoms with Crippen LogP contribution in [-0.2, 0) is 29.3 Å². The van der Waals surface area contributed by atoms with Gasteiger partial charge in [0.2, 0.25) is 5.91 Å². The minimum absolute atomic E-state index is 0.101. The summed E-state index contributed by atoms with van der Waals surface area (Å²) >= 11 is 0. The summed E-state index contributed by atoms with van der Waals surface area (Å²) in [4.78, 5) is 46.4. The number of nitrogens with zero attached hydrogens (tertiary/aromatic N) is 3. The quantitative estimate of drug-likeness (QED) is 0.554. The number of benzene rings is 1. The number of amidine groups is 1. The van der Waals surface area contributed by atoms with Crippen molar-refractivity contribution in [2.45, 2.75) is 24.3 Å². The number of carbonyl (C=O) groups is 3. The van der Waals surface area contributed by atoms with Gasteiger partial charge in [-0.1, -0.05) is 24.3 Å². The second kappa shape index (κ2) is 7.12. The monoisotopic (exact) mass is 409 g/mol. The van der Waals surface area contributed by atoms with Crippen molar-refractivity contribution in [1.29, 1.82) is 0 Å². The zero-order valence-corrected chi connectivity index (χ0v) is 17.2. The lowest BCUT2D eigenvalue weighted by atomic mass is 9.66. The number of methoxy groups -OCH3 is 2. The Kier molecular flexibility index (Phi) is 4.72. The topological polar surface area (TPSA) is 88.5 Å². The van der Waals surface area contributed by atoms with E-state index in [0.717, 1.165) is 11.3 Å². The van der Waals surface area contributed by atoms with Crippen molar-refractivity contribution in [3.8, 4) is 0 Å². The van der Waals surface area contributed by atoms with Crippen LogP contribution in [0.4, 0.5) is 5.69 Å². The Bertz CT molecular complexity index is 1030. The van der Waals surface area contributed by atoms with E-state index >= 15 is 0 Å². The molecule has 1 aromatic carbocycles. The Hall–Kier alpha value is -3.42. The van der Waals surface area contributed by atoms with Gasteiger partial charge in [-0.05, 0) is 18.1 Å². The van der Waals surface area contributed by atoms with Gasteiger partial charge in [-0.15, -0.1) is 6.58 Å². The molecule has 0 radical (unpaired) electrons. The highest BCUT2D eigenvalue weighted by molar-refractivity contribution is 6.15. The van der Waals surface area contributed by atoms with Crippen molar-refractivity contribution in [3.63, 3.8) is 0 Å². The minimum Gasteiger partial charge on any atom is -0.466 e. The molecule has 0 aromatic heterocycles. The summed E-state index contributed by atoms with van der Waals surface area (Å²) in [5.74, 6) is -1.06. The summed E-state index contributed by atoms with van der Waals surface area (Å²) in [6.07, 6.45) is 2.36. The summed E-state index contributed by atoms with van der Waals surface area (Å²) in [5, 5.41) is 0. The summed E-state index contributed by atoms with van der Waals surface area (Å²) in [7, 11) is 4.37. The van der Waals surface area contributed by atoms with Gasteiger partial charge in [-0.2, -0.15) is 0 Å². The molecule has 8 nitrogen and oxygen atoms in total. The van der Waals surface area contributed by atoms with Crippen LogP contribution in [0.15, 0.2) is 53.2 Å². The molecule has 1 aromatic rings. The Morgan fingerprint density at radius 2 is 1.97 bits per heavy atom. The molecule has 0 bridgehead atoms. The molecule has 4 rings (SSSR count). The number of piperidine rings is 1. The Morgan fingerprint density at radius 1 is 1.27 bits per heavy atom. The average molecular weight is 409 g/mol. The number of para-hydroxylation sites is 1. The highest BCUT2D eigenvalue weighted by Gasteiger charge is 2.62. The number of amides is 1. The molecule has 8 heteroatoms. The molecule has 1 spiro atoms. The zero-order chi connectivity index (χ0) is 21.6. The van der Waals surface area contributed by atoms with E-state index in [1.807, 2.05) is 36.2 Å². The van der Waals surface area contributed by atoms with E-state index in [4.69, 9.17) is 9.47 Å². The molecule has 2 atom stereocenters. The van der Waals surface area contributed by atoms with Gasteiger partial charge in [0.1, 0.15) is 5.84 Å². The zero-order valence-electron chi connectivity index (χ0n) is 17.2. The number of likely N-dealkylation sites (N-methyl/N-ethyl adjacent to an activating group) is 1.